The molecule has 2 N–H and O–H groups in total. The van der Waals surface area contributed by atoms with E-state index in [2.05, 4.69) is 34.9 Å². The highest BCUT2D eigenvalue weighted by molar-refractivity contribution is 6.02. The molecule has 0 saturated carbocycles. The summed E-state index contributed by atoms with van der Waals surface area (Å²) in [4.78, 5) is 38.5. The fourth-order valence-corrected chi connectivity index (χ4v) is 4.74. The van der Waals surface area contributed by atoms with Crippen molar-refractivity contribution in [3.05, 3.63) is 53.6 Å². The van der Waals surface area contributed by atoms with Crippen LogP contribution in [0.3, 0.4) is 0 Å². The minimum absolute atomic E-state index is 0.0284. The summed E-state index contributed by atoms with van der Waals surface area (Å²) in [5, 5.41) is 7.78. The lowest BCUT2D eigenvalue weighted by Crippen LogP contribution is -2.51. The van der Waals surface area contributed by atoms with Gasteiger partial charge in [0.05, 0.1) is 18.7 Å². The summed E-state index contributed by atoms with van der Waals surface area (Å²) in [5.74, 6) is -0.521. The number of carbonyl (C=O) groups excluding carboxylic acids is 3. The van der Waals surface area contributed by atoms with Crippen molar-refractivity contribution in [2.75, 3.05) is 20.2 Å². The van der Waals surface area contributed by atoms with Gasteiger partial charge in [-0.05, 0) is 47.2 Å². The molecule has 2 bridgehead atoms. The number of methoxy groups -OCH3 is 1. The van der Waals surface area contributed by atoms with Crippen LogP contribution in [0.25, 0.3) is 16.3 Å². The van der Waals surface area contributed by atoms with Gasteiger partial charge < -0.3 is 20.3 Å². The zero-order chi connectivity index (χ0) is 22.0. The van der Waals surface area contributed by atoms with Gasteiger partial charge >= 0.3 is 12.0 Å². The van der Waals surface area contributed by atoms with Crippen LogP contribution in [0.1, 0.15) is 31.7 Å². The van der Waals surface area contributed by atoms with Gasteiger partial charge in [-0.1, -0.05) is 36.4 Å². The molecule has 2 aliphatic rings. The maximum atomic E-state index is 12.9. The molecule has 0 aliphatic carbocycles. The number of benzene rings is 2. The maximum Gasteiger partial charge on any atom is 0.336 e. The Morgan fingerprint density at radius 1 is 1.03 bits per heavy atom. The Balaban J connectivity index is 1.64. The molecule has 0 aromatic heterocycles. The van der Waals surface area contributed by atoms with E-state index < -0.39 is 0 Å². The smallest absolute Gasteiger partial charge is 0.336 e. The van der Waals surface area contributed by atoms with Crippen molar-refractivity contribution >= 4 is 34.3 Å². The van der Waals surface area contributed by atoms with Gasteiger partial charge in [0.1, 0.15) is 0 Å². The number of nitrogens with zero attached hydrogens (tertiary/aromatic N) is 1. The standard InChI is InChI=1S/C24H27N3O4/c1-15(28)25-11-12-26-24(30)27-19-9-10-21(27)22(23(29)31-2)20(14-19)18-8-7-16-5-3-4-6-17(16)13-18/h3-8,13,19,21H,9-12,14H2,1-2H3,(H,25,28)(H,26,30)/t19-,21+/m0/s1. The van der Waals surface area contributed by atoms with E-state index >= 15 is 0 Å². The van der Waals surface area contributed by atoms with E-state index in [-0.39, 0.29) is 30.0 Å². The molecule has 0 spiro atoms. The number of hydrogen-bond acceptors (Lipinski definition) is 4. The molecule has 2 aromatic carbocycles. The van der Waals surface area contributed by atoms with Crippen molar-refractivity contribution in [2.24, 2.45) is 0 Å². The summed E-state index contributed by atoms with van der Waals surface area (Å²) in [7, 11) is 1.38. The molecule has 7 heteroatoms. The fraction of sp³-hybridized carbons (Fsp3) is 0.375. The van der Waals surface area contributed by atoms with Crippen molar-refractivity contribution in [3.8, 4) is 0 Å². The Hall–Kier alpha value is -3.35. The van der Waals surface area contributed by atoms with Crippen molar-refractivity contribution in [1.82, 2.24) is 15.5 Å². The lowest BCUT2D eigenvalue weighted by molar-refractivity contribution is -0.136. The highest BCUT2D eigenvalue weighted by atomic mass is 16.5. The summed E-state index contributed by atoms with van der Waals surface area (Å²) in [5.41, 5.74) is 2.54. The maximum absolute atomic E-state index is 12.9. The van der Waals surface area contributed by atoms with E-state index in [0.717, 1.165) is 34.8 Å². The monoisotopic (exact) mass is 421 g/mol. The van der Waals surface area contributed by atoms with Crippen molar-refractivity contribution < 1.29 is 19.1 Å². The SMILES string of the molecule is COC(=O)C1=C(c2ccc3ccccc3c2)C[C@@H]2CC[C@H]1N2C(=O)NCCNC(C)=O. The van der Waals surface area contributed by atoms with Gasteiger partial charge in [-0.25, -0.2) is 9.59 Å². The van der Waals surface area contributed by atoms with E-state index in [9.17, 15) is 14.4 Å². The molecule has 31 heavy (non-hydrogen) atoms. The lowest BCUT2D eigenvalue weighted by atomic mass is 9.87. The summed E-state index contributed by atoms with van der Waals surface area (Å²) >= 11 is 0. The third-order valence-electron chi connectivity index (χ3n) is 6.11. The molecule has 1 saturated heterocycles. The fourth-order valence-electron chi connectivity index (χ4n) is 4.74. The van der Waals surface area contributed by atoms with Gasteiger partial charge in [0.2, 0.25) is 5.91 Å². The molecule has 7 nitrogen and oxygen atoms in total. The number of rotatable bonds is 5. The summed E-state index contributed by atoms with van der Waals surface area (Å²) < 4.78 is 5.13. The van der Waals surface area contributed by atoms with Gasteiger partial charge in [-0.15, -0.1) is 0 Å². The summed E-state index contributed by atoms with van der Waals surface area (Å²) in [6, 6.07) is 13.8. The predicted molar refractivity (Wildman–Crippen MR) is 118 cm³/mol. The van der Waals surface area contributed by atoms with Gasteiger partial charge in [0.25, 0.3) is 0 Å². The second-order valence-corrected chi connectivity index (χ2v) is 8.02. The average molecular weight is 421 g/mol. The van der Waals surface area contributed by atoms with Crippen LogP contribution in [0, 0.1) is 0 Å². The molecule has 2 heterocycles. The molecule has 1 fully saturated rings. The molecular weight excluding hydrogens is 394 g/mol. The molecule has 2 aliphatic heterocycles. The van der Waals surface area contributed by atoms with Crippen LogP contribution >= 0.6 is 0 Å². The Morgan fingerprint density at radius 2 is 1.77 bits per heavy atom. The van der Waals surface area contributed by atoms with Crippen LogP contribution in [0.4, 0.5) is 4.79 Å². The quantitative estimate of drug-likeness (QED) is 0.574. The lowest BCUT2D eigenvalue weighted by Gasteiger charge is -2.37. The van der Waals surface area contributed by atoms with Gasteiger partial charge in [-0.2, -0.15) is 0 Å². The first-order valence-electron chi connectivity index (χ1n) is 10.6. The van der Waals surface area contributed by atoms with Crippen molar-refractivity contribution in [1.29, 1.82) is 0 Å². The first-order chi connectivity index (χ1) is 15.0. The molecule has 2 aromatic rings. The van der Waals surface area contributed by atoms with Crippen LogP contribution in [0.2, 0.25) is 0 Å². The largest absolute Gasteiger partial charge is 0.466 e. The Labute approximate surface area is 181 Å². The summed E-state index contributed by atoms with van der Waals surface area (Å²) in [6.45, 7) is 2.14. The molecule has 162 valence electrons. The van der Waals surface area contributed by atoms with Crippen LogP contribution in [-0.4, -0.2) is 55.1 Å². The van der Waals surface area contributed by atoms with Gasteiger partial charge in [0.15, 0.2) is 0 Å². The molecule has 2 atom stereocenters. The first kappa shape index (κ1) is 20.9. The van der Waals surface area contributed by atoms with Crippen LogP contribution in [-0.2, 0) is 14.3 Å². The number of ether oxygens (including phenoxy) is 1. The zero-order valence-corrected chi connectivity index (χ0v) is 17.8. The minimum atomic E-state index is -0.385. The number of urea groups is 1. The van der Waals surface area contributed by atoms with Crippen molar-refractivity contribution in [2.45, 2.75) is 38.3 Å². The highest BCUT2D eigenvalue weighted by Gasteiger charge is 2.46. The number of fused-ring (bicyclic) bond motifs is 3. The second kappa shape index (κ2) is 8.79. The third-order valence-corrected chi connectivity index (χ3v) is 6.11. The molecule has 0 radical (unpaired) electrons. The first-order valence-corrected chi connectivity index (χ1v) is 10.6. The number of nitrogens with one attached hydrogen (secondary N) is 2. The van der Waals surface area contributed by atoms with E-state index in [1.807, 2.05) is 18.2 Å². The highest BCUT2D eigenvalue weighted by Crippen LogP contribution is 2.43. The molecule has 0 unspecified atom stereocenters. The van der Waals surface area contributed by atoms with Crippen LogP contribution in [0.15, 0.2) is 48.0 Å². The number of esters is 1. The van der Waals surface area contributed by atoms with E-state index in [0.29, 0.717) is 25.1 Å². The van der Waals surface area contributed by atoms with Gasteiger partial charge in [-0.3, -0.25) is 4.79 Å². The predicted octanol–water partition coefficient (Wildman–Crippen LogP) is 2.85. The summed E-state index contributed by atoms with van der Waals surface area (Å²) in [6.07, 6.45) is 2.17. The molecule has 3 amide bonds. The van der Waals surface area contributed by atoms with E-state index in [4.69, 9.17) is 4.74 Å². The molecular formula is C24H27N3O4. The van der Waals surface area contributed by atoms with E-state index in [1.54, 1.807) is 4.90 Å². The third kappa shape index (κ3) is 4.13. The van der Waals surface area contributed by atoms with Crippen molar-refractivity contribution in [3.63, 3.8) is 0 Å². The Bertz CT molecular complexity index is 1060. The normalized spacial score (nSPS) is 20.0. The topological polar surface area (TPSA) is 87.7 Å². The van der Waals surface area contributed by atoms with Crippen LogP contribution in [0.5, 0.6) is 0 Å². The number of hydrogen-bond donors (Lipinski definition) is 2. The molecule has 4 rings (SSSR count). The number of carbonyl (C=O) groups is 3. The van der Waals surface area contributed by atoms with Gasteiger partial charge in [0, 0.05) is 26.1 Å². The Kier molecular flexibility index (Phi) is 5.93. The van der Waals surface area contributed by atoms with Crippen LogP contribution < -0.4 is 10.6 Å². The van der Waals surface area contributed by atoms with E-state index in [1.165, 1.54) is 14.0 Å². The number of amides is 3. The zero-order valence-electron chi connectivity index (χ0n) is 17.8. The average Bonchev–Trinajstić information content (AvgIpc) is 3.09. The Morgan fingerprint density at radius 3 is 2.52 bits per heavy atom. The minimum Gasteiger partial charge on any atom is -0.466 e. The second-order valence-electron chi connectivity index (χ2n) is 8.02.